The minimum absolute atomic E-state index is 0.0406. The summed E-state index contributed by atoms with van der Waals surface area (Å²) in [7, 11) is 1.97. The summed E-state index contributed by atoms with van der Waals surface area (Å²) in [6.07, 6.45) is 5.26. The molecule has 1 aromatic carbocycles. The molecule has 26 heavy (non-hydrogen) atoms. The van der Waals surface area contributed by atoms with E-state index in [2.05, 4.69) is 65.8 Å². The molecule has 1 unspecified atom stereocenters. The second kappa shape index (κ2) is 7.16. The monoisotopic (exact) mass is 388 g/mol. The predicted octanol–water partition coefficient (Wildman–Crippen LogP) is 5.23. The van der Waals surface area contributed by atoms with Crippen LogP contribution >= 0.6 is 23.5 Å². The van der Waals surface area contributed by atoms with E-state index in [-0.39, 0.29) is 9.49 Å². The molecule has 0 radical (unpaired) electrons. The van der Waals surface area contributed by atoms with Gasteiger partial charge in [-0.25, -0.2) is 0 Å². The highest BCUT2D eigenvalue weighted by molar-refractivity contribution is 8.18. The summed E-state index contributed by atoms with van der Waals surface area (Å²) in [4.78, 5) is 18.9. The molecular formula is C21H28N2OS2. The van der Waals surface area contributed by atoms with Crippen molar-refractivity contribution in [2.24, 2.45) is 5.41 Å². The highest BCUT2D eigenvalue weighted by Crippen LogP contribution is 2.58. The number of thioether (sulfide) groups is 2. The van der Waals surface area contributed by atoms with Gasteiger partial charge in [-0.3, -0.25) is 4.79 Å². The molecule has 1 aromatic heterocycles. The number of nitrogens with one attached hydrogen (secondary N) is 1. The van der Waals surface area contributed by atoms with Gasteiger partial charge in [0.15, 0.2) is 0 Å². The Morgan fingerprint density at radius 2 is 1.96 bits per heavy atom. The second-order valence-corrected chi connectivity index (χ2v) is 10.8. The van der Waals surface area contributed by atoms with E-state index in [9.17, 15) is 4.79 Å². The molecule has 1 N–H and O–H groups in total. The maximum Gasteiger partial charge on any atom is 0.228 e. The number of H-pyrrole nitrogens is 1. The summed E-state index contributed by atoms with van der Waals surface area (Å²) in [5, 5.41) is 1.27. The molecule has 4 rings (SSSR count). The Balaban J connectivity index is 1.75. The van der Waals surface area contributed by atoms with Crippen molar-refractivity contribution in [1.82, 2.24) is 9.88 Å². The van der Waals surface area contributed by atoms with Crippen LogP contribution in [0.15, 0.2) is 30.3 Å². The third kappa shape index (κ3) is 3.07. The highest BCUT2D eigenvalue weighted by atomic mass is 32.2. The average Bonchev–Trinajstić information content (AvgIpc) is 3.11. The van der Waals surface area contributed by atoms with Crippen LogP contribution in [0, 0.1) is 5.41 Å². The van der Waals surface area contributed by atoms with Crippen LogP contribution < -0.4 is 0 Å². The molecule has 140 valence electrons. The van der Waals surface area contributed by atoms with Crippen LogP contribution in [0.1, 0.15) is 44.7 Å². The third-order valence-corrected chi connectivity index (χ3v) is 9.45. The van der Waals surface area contributed by atoms with Gasteiger partial charge in [0.2, 0.25) is 5.91 Å². The molecule has 3 heterocycles. The normalized spacial score (nSPS) is 26.4. The minimum atomic E-state index is -0.221. The Hall–Kier alpha value is -1.07. The van der Waals surface area contributed by atoms with Crippen LogP contribution in [0.4, 0.5) is 0 Å². The highest BCUT2D eigenvalue weighted by Gasteiger charge is 2.50. The summed E-state index contributed by atoms with van der Waals surface area (Å²) < 4.78 is -0.0406. The van der Waals surface area contributed by atoms with Crippen LogP contribution in [0.3, 0.4) is 0 Å². The van der Waals surface area contributed by atoms with E-state index in [1.54, 1.807) is 0 Å². The fourth-order valence-electron chi connectivity index (χ4n) is 4.54. The number of carbonyl (C=O) groups is 1. The van der Waals surface area contributed by atoms with E-state index in [1.807, 2.05) is 11.9 Å². The lowest BCUT2D eigenvalue weighted by Crippen LogP contribution is -2.49. The van der Waals surface area contributed by atoms with Gasteiger partial charge in [0.25, 0.3) is 0 Å². The molecule has 2 fully saturated rings. The molecule has 0 aliphatic carbocycles. The number of para-hydroxylation sites is 1. The summed E-state index contributed by atoms with van der Waals surface area (Å²) >= 11 is 4.10. The second-order valence-electron chi connectivity index (χ2n) is 7.71. The first-order chi connectivity index (χ1) is 12.6. The molecule has 3 nitrogen and oxygen atoms in total. The number of fused-ring (bicyclic) bond motifs is 1. The van der Waals surface area contributed by atoms with Gasteiger partial charge in [0, 0.05) is 24.8 Å². The van der Waals surface area contributed by atoms with Gasteiger partial charge in [-0.15, -0.1) is 23.5 Å². The molecule has 2 saturated heterocycles. The summed E-state index contributed by atoms with van der Waals surface area (Å²) in [5.41, 5.74) is 2.27. The smallest absolute Gasteiger partial charge is 0.228 e. The SMILES string of the molecule is CCC1(CC2(c3cc4ccccc4[nH]3)SCCCS2)CCCN(C)C1=O. The Bertz CT molecular complexity index is 763. The molecule has 5 heteroatoms. The molecule has 0 spiro atoms. The van der Waals surface area contributed by atoms with Crippen molar-refractivity contribution < 1.29 is 4.79 Å². The van der Waals surface area contributed by atoms with E-state index < -0.39 is 0 Å². The van der Waals surface area contributed by atoms with Crippen LogP contribution in [0.25, 0.3) is 10.9 Å². The fraction of sp³-hybridized carbons (Fsp3) is 0.571. The van der Waals surface area contributed by atoms with Gasteiger partial charge < -0.3 is 9.88 Å². The number of likely N-dealkylation sites (tertiary alicyclic amines) is 1. The molecule has 1 amide bonds. The number of amides is 1. The Kier molecular flexibility index (Phi) is 5.04. The minimum Gasteiger partial charge on any atom is -0.357 e. The maximum absolute atomic E-state index is 13.2. The van der Waals surface area contributed by atoms with Gasteiger partial charge in [-0.1, -0.05) is 25.1 Å². The van der Waals surface area contributed by atoms with E-state index in [1.165, 1.54) is 34.5 Å². The van der Waals surface area contributed by atoms with Crippen LogP contribution in [-0.2, 0) is 8.87 Å². The fourth-order valence-corrected chi connectivity index (χ4v) is 8.08. The van der Waals surface area contributed by atoms with E-state index in [4.69, 9.17) is 0 Å². The van der Waals surface area contributed by atoms with E-state index in [0.717, 1.165) is 32.2 Å². The van der Waals surface area contributed by atoms with Crippen molar-refractivity contribution in [3.8, 4) is 0 Å². The first kappa shape index (κ1) is 18.3. The van der Waals surface area contributed by atoms with Gasteiger partial charge in [0.05, 0.1) is 5.41 Å². The molecular weight excluding hydrogens is 360 g/mol. The quantitative estimate of drug-likeness (QED) is 0.779. The standard InChI is InChI=1S/C21H28N2OS2/c1-3-20(10-6-11-23(2)19(20)24)15-21(25-12-7-13-26-21)18-14-16-8-4-5-9-17(16)22-18/h4-5,8-9,14,22H,3,6-7,10-13,15H2,1-2H3. The number of hydrogen-bond acceptors (Lipinski definition) is 3. The molecule has 1 atom stereocenters. The Morgan fingerprint density at radius 1 is 1.19 bits per heavy atom. The largest absolute Gasteiger partial charge is 0.357 e. The van der Waals surface area contributed by atoms with E-state index in [0.29, 0.717) is 5.91 Å². The molecule has 2 aliphatic rings. The average molecular weight is 389 g/mol. The van der Waals surface area contributed by atoms with Gasteiger partial charge in [0.1, 0.15) is 4.08 Å². The van der Waals surface area contributed by atoms with Crippen molar-refractivity contribution in [3.63, 3.8) is 0 Å². The molecule has 2 aliphatic heterocycles. The van der Waals surface area contributed by atoms with Gasteiger partial charge in [-0.2, -0.15) is 0 Å². The summed E-state index contributed by atoms with van der Waals surface area (Å²) in [6, 6.07) is 10.8. The lowest BCUT2D eigenvalue weighted by molar-refractivity contribution is -0.145. The van der Waals surface area contributed by atoms with Crippen molar-refractivity contribution in [1.29, 1.82) is 0 Å². The zero-order chi connectivity index (χ0) is 18.2. The molecule has 0 saturated carbocycles. The first-order valence-corrected chi connectivity index (χ1v) is 11.7. The van der Waals surface area contributed by atoms with E-state index >= 15 is 0 Å². The summed E-state index contributed by atoms with van der Waals surface area (Å²) in [6.45, 7) is 3.11. The number of benzene rings is 1. The van der Waals surface area contributed by atoms with Crippen molar-refractivity contribution in [2.75, 3.05) is 25.1 Å². The van der Waals surface area contributed by atoms with Crippen molar-refractivity contribution in [2.45, 2.75) is 43.1 Å². The van der Waals surface area contributed by atoms with Crippen molar-refractivity contribution >= 4 is 40.3 Å². The molecule has 0 bridgehead atoms. The number of aromatic nitrogens is 1. The zero-order valence-corrected chi connectivity index (χ0v) is 17.3. The predicted molar refractivity (Wildman–Crippen MR) is 114 cm³/mol. The Labute approximate surface area is 164 Å². The maximum atomic E-state index is 13.2. The Morgan fingerprint density at radius 3 is 2.69 bits per heavy atom. The summed E-state index contributed by atoms with van der Waals surface area (Å²) in [5.74, 6) is 2.70. The number of carbonyl (C=O) groups excluding carboxylic acids is 1. The number of hydrogen-bond donors (Lipinski definition) is 1. The lowest BCUT2D eigenvalue weighted by Gasteiger charge is -2.46. The van der Waals surface area contributed by atoms with Crippen LogP contribution in [0.2, 0.25) is 0 Å². The lowest BCUT2D eigenvalue weighted by atomic mass is 9.73. The number of rotatable bonds is 4. The molecule has 2 aromatic rings. The topological polar surface area (TPSA) is 36.1 Å². The van der Waals surface area contributed by atoms with Gasteiger partial charge >= 0.3 is 0 Å². The van der Waals surface area contributed by atoms with Crippen LogP contribution in [0.5, 0.6) is 0 Å². The first-order valence-electron chi connectivity index (χ1n) is 9.70. The third-order valence-electron chi connectivity index (χ3n) is 6.10. The van der Waals surface area contributed by atoms with Crippen molar-refractivity contribution in [3.05, 3.63) is 36.0 Å². The zero-order valence-electron chi connectivity index (χ0n) is 15.7. The number of aromatic amines is 1. The number of nitrogens with zero attached hydrogens (tertiary/aromatic N) is 1. The van der Waals surface area contributed by atoms with Crippen LogP contribution in [-0.4, -0.2) is 40.9 Å². The van der Waals surface area contributed by atoms with Gasteiger partial charge in [-0.05, 0) is 61.1 Å². The number of piperidine rings is 1.